The van der Waals surface area contributed by atoms with Crippen LogP contribution in [0.2, 0.25) is 0 Å². The van der Waals surface area contributed by atoms with E-state index in [0.29, 0.717) is 6.54 Å². The molecule has 0 aliphatic carbocycles. The van der Waals surface area contributed by atoms with Crippen LogP contribution in [0.25, 0.3) is 11.4 Å². The molecule has 3 heterocycles. The highest BCUT2D eigenvalue weighted by Crippen LogP contribution is 2.34. The minimum atomic E-state index is 0.263. The third-order valence-electron chi connectivity index (χ3n) is 5.05. The second-order valence-electron chi connectivity index (χ2n) is 7.04. The van der Waals surface area contributed by atoms with Gasteiger partial charge in [-0.15, -0.1) is 10.2 Å². The number of nitrogens with zero attached hydrogens (tertiary/aromatic N) is 4. The van der Waals surface area contributed by atoms with E-state index < -0.39 is 0 Å². The molecule has 8 heteroatoms. The molecule has 0 N–H and O–H groups in total. The van der Waals surface area contributed by atoms with Gasteiger partial charge in [-0.05, 0) is 31.5 Å². The Morgan fingerprint density at radius 1 is 1.00 bits per heavy atom. The van der Waals surface area contributed by atoms with Gasteiger partial charge in [-0.3, -0.25) is 4.57 Å². The maximum Gasteiger partial charge on any atom is 0.231 e. The SMILES string of the molecule is Cc1noc(C)c1CSc1nnc(-c2ccccc2)n1Cc1ccc2c(c1)OCO2. The Balaban J connectivity index is 1.48. The molecule has 0 fully saturated rings. The summed E-state index contributed by atoms with van der Waals surface area (Å²) in [5.41, 5.74) is 4.12. The van der Waals surface area contributed by atoms with Crippen LogP contribution in [0.3, 0.4) is 0 Å². The summed E-state index contributed by atoms with van der Waals surface area (Å²) in [6.07, 6.45) is 0. The number of ether oxygens (including phenoxy) is 2. The lowest BCUT2D eigenvalue weighted by Gasteiger charge is -2.11. The fourth-order valence-corrected chi connectivity index (χ4v) is 4.50. The molecule has 0 bridgehead atoms. The molecule has 1 aliphatic heterocycles. The van der Waals surface area contributed by atoms with Gasteiger partial charge in [0.25, 0.3) is 0 Å². The molecule has 5 rings (SSSR count). The lowest BCUT2D eigenvalue weighted by Crippen LogP contribution is -2.04. The van der Waals surface area contributed by atoms with Crippen molar-refractivity contribution in [2.75, 3.05) is 6.79 Å². The quantitative estimate of drug-likeness (QED) is 0.421. The predicted octanol–water partition coefficient (Wildman–Crippen LogP) is 4.62. The van der Waals surface area contributed by atoms with Crippen molar-refractivity contribution in [3.05, 3.63) is 71.1 Å². The molecule has 30 heavy (non-hydrogen) atoms. The van der Waals surface area contributed by atoms with Crippen LogP contribution < -0.4 is 9.47 Å². The summed E-state index contributed by atoms with van der Waals surface area (Å²) in [6.45, 7) is 4.78. The minimum Gasteiger partial charge on any atom is -0.454 e. The smallest absolute Gasteiger partial charge is 0.231 e. The van der Waals surface area contributed by atoms with Gasteiger partial charge < -0.3 is 14.0 Å². The average molecular weight is 420 g/mol. The predicted molar refractivity (Wildman–Crippen MR) is 113 cm³/mol. The fraction of sp³-hybridized carbons (Fsp3) is 0.227. The monoisotopic (exact) mass is 420 g/mol. The summed E-state index contributed by atoms with van der Waals surface area (Å²) < 4.78 is 18.4. The van der Waals surface area contributed by atoms with Crippen molar-refractivity contribution in [3.8, 4) is 22.9 Å². The van der Waals surface area contributed by atoms with Crippen LogP contribution in [-0.2, 0) is 12.3 Å². The number of fused-ring (bicyclic) bond motifs is 1. The van der Waals surface area contributed by atoms with Crippen LogP contribution in [0, 0.1) is 13.8 Å². The summed E-state index contributed by atoms with van der Waals surface area (Å²) >= 11 is 1.63. The first-order valence-electron chi connectivity index (χ1n) is 9.61. The molecule has 0 amide bonds. The van der Waals surface area contributed by atoms with Gasteiger partial charge in [-0.1, -0.05) is 53.3 Å². The number of benzene rings is 2. The van der Waals surface area contributed by atoms with Crippen LogP contribution >= 0.6 is 11.8 Å². The Hall–Kier alpha value is -3.26. The van der Waals surface area contributed by atoms with E-state index in [1.807, 2.05) is 62.4 Å². The zero-order valence-corrected chi connectivity index (χ0v) is 17.5. The van der Waals surface area contributed by atoms with Crippen molar-refractivity contribution in [1.29, 1.82) is 0 Å². The average Bonchev–Trinajstić information content (AvgIpc) is 3.47. The maximum absolute atomic E-state index is 5.54. The molecule has 0 unspecified atom stereocenters. The molecule has 0 atom stereocenters. The highest BCUT2D eigenvalue weighted by molar-refractivity contribution is 7.98. The first-order valence-corrected chi connectivity index (χ1v) is 10.6. The zero-order chi connectivity index (χ0) is 20.5. The van der Waals surface area contributed by atoms with Gasteiger partial charge >= 0.3 is 0 Å². The van der Waals surface area contributed by atoms with Crippen LogP contribution in [0.15, 0.2) is 58.2 Å². The van der Waals surface area contributed by atoms with Gasteiger partial charge in [0.15, 0.2) is 22.5 Å². The molecular weight excluding hydrogens is 400 g/mol. The zero-order valence-electron chi connectivity index (χ0n) is 16.7. The van der Waals surface area contributed by atoms with Crippen LogP contribution in [-0.4, -0.2) is 26.7 Å². The Labute approximate surface area is 178 Å². The van der Waals surface area contributed by atoms with Crippen molar-refractivity contribution in [3.63, 3.8) is 0 Å². The number of hydrogen-bond acceptors (Lipinski definition) is 7. The van der Waals surface area contributed by atoms with Crippen LogP contribution in [0.5, 0.6) is 11.5 Å². The summed E-state index contributed by atoms with van der Waals surface area (Å²) in [5.74, 6) is 3.93. The standard InChI is InChI=1S/C22H20N4O3S/c1-14-18(15(2)29-25-14)12-30-22-24-23-21(17-6-4-3-5-7-17)26(22)11-16-8-9-19-20(10-16)28-13-27-19/h3-10H,11-13H2,1-2H3. The number of aryl methyl sites for hydroxylation is 2. The van der Waals surface area contributed by atoms with E-state index in [-0.39, 0.29) is 6.79 Å². The van der Waals surface area contributed by atoms with E-state index >= 15 is 0 Å². The number of aromatic nitrogens is 4. The molecule has 0 radical (unpaired) electrons. The highest BCUT2D eigenvalue weighted by Gasteiger charge is 2.19. The maximum atomic E-state index is 5.54. The van der Waals surface area contributed by atoms with Crippen molar-refractivity contribution in [1.82, 2.24) is 19.9 Å². The largest absolute Gasteiger partial charge is 0.454 e. The molecule has 1 aliphatic rings. The first kappa shape index (κ1) is 18.7. The first-order chi connectivity index (χ1) is 14.7. The van der Waals surface area contributed by atoms with Crippen LogP contribution in [0.1, 0.15) is 22.6 Å². The van der Waals surface area contributed by atoms with Gasteiger partial charge in [0, 0.05) is 16.9 Å². The lowest BCUT2D eigenvalue weighted by atomic mass is 10.2. The third kappa shape index (κ3) is 3.54. The Kier molecular flexibility index (Phi) is 4.92. The molecule has 0 saturated heterocycles. The third-order valence-corrected chi connectivity index (χ3v) is 6.05. The summed E-state index contributed by atoms with van der Waals surface area (Å²) in [4.78, 5) is 0. The van der Waals surface area contributed by atoms with E-state index in [9.17, 15) is 0 Å². The van der Waals surface area contributed by atoms with E-state index in [1.165, 1.54) is 0 Å². The molecule has 152 valence electrons. The minimum absolute atomic E-state index is 0.263. The summed E-state index contributed by atoms with van der Waals surface area (Å²) in [7, 11) is 0. The van der Waals surface area contributed by atoms with Gasteiger partial charge in [-0.25, -0.2) is 0 Å². The van der Waals surface area contributed by atoms with Crippen molar-refractivity contribution in [2.24, 2.45) is 0 Å². The van der Waals surface area contributed by atoms with Gasteiger partial charge in [0.2, 0.25) is 6.79 Å². The van der Waals surface area contributed by atoms with Crippen molar-refractivity contribution < 1.29 is 14.0 Å². The Bertz CT molecular complexity index is 1170. The lowest BCUT2D eigenvalue weighted by molar-refractivity contribution is 0.174. The second-order valence-corrected chi connectivity index (χ2v) is 7.98. The topological polar surface area (TPSA) is 75.2 Å². The number of hydrogen-bond donors (Lipinski definition) is 0. The summed E-state index contributed by atoms with van der Waals surface area (Å²) in [5, 5.41) is 13.9. The molecule has 4 aromatic rings. The Morgan fingerprint density at radius 3 is 2.63 bits per heavy atom. The molecular formula is C22H20N4O3S. The van der Waals surface area contributed by atoms with E-state index in [2.05, 4.69) is 19.9 Å². The van der Waals surface area contributed by atoms with E-state index in [4.69, 9.17) is 14.0 Å². The van der Waals surface area contributed by atoms with Gasteiger partial charge in [0.1, 0.15) is 5.76 Å². The van der Waals surface area contributed by atoms with E-state index in [0.717, 1.165) is 56.4 Å². The van der Waals surface area contributed by atoms with Crippen LogP contribution in [0.4, 0.5) is 0 Å². The Morgan fingerprint density at radius 2 is 1.83 bits per heavy atom. The molecule has 7 nitrogen and oxygen atoms in total. The van der Waals surface area contributed by atoms with Crippen molar-refractivity contribution in [2.45, 2.75) is 31.3 Å². The van der Waals surface area contributed by atoms with E-state index in [1.54, 1.807) is 11.8 Å². The highest BCUT2D eigenvalue weighted by atomic mass is 32.2. The molecule has 2 aromatic carbocycles. The summed E-state index contributed by atoms with van der Waals surface area (Å²) in [6, 6.07) is 16.1. The van der Waals surface area contributed by atoms with Gasteiger partial charge in [-0.2, -0.15) is 0 Å². The van der Waals surface area contributed by atoms with Gasteiger partial charge in [0.05, 0.1) is 12.2 Å². The normalized spacial score (nSPS) is 12.5. The fourth-order valence-electron chi connectivity index (χ4n) is 3.41. The van der Waals surface area contributed by atoms with Crippen molar-refractivity contribution >= 4 is 11.8 Å². The number of rotatable bonds is 6. The number of thioether (sulfide) groups is 1. The second kappa shape index (κ2) is 7.87. The molecule has 0 spiro atoms. The molecule has 0 saturated carbocycles. The molecule has 2 aromatic heterocycles.